The first-order valence-corrected chi connectivity index (χ1v) is 17.6. The van der Waals surface area contributed by atoms with Crippen molar-refractivity contribution in [2.24, 2.45) is 0 Å². The number of hydrogen-bond donors (Lipinski definition) is 1. The molecule has 6 nitrogen and oxygen atoms in total. The summed E-state index contributed by atoms with van der Waals surface area (Å²) in [6.07, 6.45) is 6.72. The molecule has 202 valence electrons. The first kappa shape index (κ1) is 28.0. The lowest BCUT2D eigenvalue weighted by Gasteiger charge is -2.25. The second-order valence-corrected chi connectivity index (χ2v) is 17.0. The van der Waals surface area contributed by atoms with Crippen molar-refractivity contribution >= 4 is 18.8 Å². The normalized spacial score (nSPS) is 16.5. The number of imidazole rings is 1. The lowest BCUT2D eigenvalue weighted by atomic mass is 10.0. The monoisotopic (exact) mass is 524 g/mol. The van der Waals surface area contributed by atoms with Crippen LogP contribution in [0, 0.1) is 0 Å². The molecule has 0 bridgehead atoms. The highest BCUT2D eigenvalue weighted by Crippen LogP contribution is 2.31. The molecule has 1 aromatic heterocycles. The van der Waals surface area contributed by atoms with Gasteiger partial charge in [0.15, 0.2) is 5.79 Å². The molecule has 1 unspecified atom stereocenters. The molecular weight excluding hydrogens is 480 g/mol. The van der Waals surface area contributed by atoms with Crippen LogP contribution in [-0.2, 0) is 20.9 Å². The van der Waals surface area contributed by atoms with Crippen LogP contribution < -0.4 is 0 Å². The van der Waals surface area contributed by atoms with Gasteiger partial charge in [-0.2, -0.15) is 0 Å². The molecule has 1 aliphatic heterocycles. The molecule has 1 fully saturated rings. The van der Waals surface area contributed by atoms with Gasteiger partial charge in [0.2, 0.25) is 0 Å². The molecule has 0 spiro atoms. The molecule has 1 atom stereocenters. The first-order chi connectivity index (χ1) is 17.8. The van der Waals surface area contributed by atoms with Crippen LogP contribution in [0.25, 0.3) is 22.2 Å². The van der Waals surface area contributed by atoms with E-state index in [1.54, 1.807) is 0 Å². The van der Waals surface area contributed by atoms with Crippen LogP contribution in [0.5, 0.6) is 0 Å². The van der Waals surface area contributed by atoms with Gasteiger partial charge in [-0.3, -0.25) is 0 Å². The largest absolute Gasteiger partial charge is 0.387 e. The van der Waals surface area contributed by atoms with Crippen LogP contribution in [0.2, 0.25) is 25.7 Å². The number of unbranched alkanes of at least 4 members (excludes halogenated alkanes) is 2. The Morgan fingerprint density at radius 2 is 1.81 bits per heavy atom. The number of aliphatic hydroxyl groups excluding tert-OH is 1. The minimum absolute atomic E-state index is 0.390. The summed E-state index contributed by atoms with van der Waals surface area (Å²) in [5.74, 6) is 0.451. The average Bonchev–Trinajstić information content (AvgIpc) is 3.53. The number of aromatic nitrogens is 2. The quantitative estimate of drug-likeness (QED) is 0.179. The van der Waals surface area contributed by atoms with Gasteiger partial charge in [0, 0.05) is 26.7 Å². The van der Waals surface area contributed by atoms with Crippen molar-refractivity contribution in [3.05, 3.63) is 54.4 Å². The highest BCUT2D eigenvalue weighted by Gasteiger charge is 2.33. The summed E-state index contributed by atoms with van der Waals surface area (Å²) < 4.78 is 19.9. The average molecular weight is 525 g/mol. The van der Waals surface area contributed by atoms with E-state index in [1.165, 1.54) is 10.8 Å². The fourth-order valence-corrected chi connectivity index (χ4v) is 5.72. The third kappa shape index (κ3) is 7.51. The van der Waals surface area contributed by atoms with E-state index >= 15 is 0 Å². The van der Waals surface area contributed by atoms with Crippen molar-refractivity contribution in [3.8, 4) is 11.4 Å². The molecular formula is C30H44N2O4Si. The van der Waals surface area contributed by atoms with Crippen molar-refractivity contribution < 1.29 is 19.3 Å². The SMILES string of the molecule is CCC1(CCCCCC(O)c2cnc(-c3ccc4ccccc4c3)n2COCC[Si](C)(C)C)OCCO1. The van der Waals surface area contributed by atoms with Gasteiger partial charge >= 0.3 is 0 Å². The fourth-order valence-electron chi connectivity index (χ4n) is 4.96. The van der Waals surface area contributed by atoms with E-state index in [9.17, 15) is 5.11 Å². The lowest BCUT2D eigenvalue weighted by Crippen LogP contribution is -2.28. The predicted molar refractivity (Wildman–Crippen MR) is 152 cm³/mol. The van der Waals surface area contributed by atoms with Crippen LogP contribution >= 0.6 is 0 Å². The third-order valence-electron chi connectivity index (χ3n) is 7.34. The molecule has 3 aromatic rings. The molecule has 0 aliphatic carbocycles. The standard InChI is InChI=1S/C30H44N2O4Si/c1-5-30(35-17-18-36-30)16-10-6-7-13-28(33)27-22-31-29(32(27)23-34-19-20-37(2,3)4)26-15-14-24-11-8-9-12-25(24)21-26/h8-9,11-12,14-15,21-22,28,33H,5-7,10,13,16-20,23H2,1-4H3. The number of hydrogen-bond acceptors (Lipinski definition) is 5. The van der Waals surface area contributed by atoms with Crippen molar-refractivity contribution in [2.45, 2.75) is 89.8 Å². The Morgan fingerprint density at radius 3 is 2.54 bits per heavy atom. The van der Waals surface area contributed by atoms with E-state index in [4.69, 9.17) is 19.2 Å². The predicted octanol–water partition coefficient (Wildman–Crippen LogP) is 7.15. The Bertz CT molecular complexity index is 1130. The summed E-state index contributed by atoms with van der Waals surface area (Å²) in [6, 6.07) is 15.9. The molecule has 1 saturated heterocycles. The maximum absolute atomic E-state index is 11.2. The Morgan fingerprint density at radius 1 is 1.05 bits per heavy atom. The third-order valence-corrected chi connectivity index (χ3v) is 9.04. The summed E-state index contributed by atoms with van der Waals surface area (Å²) in [5.41, 5.74) is 1.86. The number of ether oxygens (including phenoxy) is 3. The van der Waals surface area contributed by atoms with Crippen molar-refractivity contribution in [1.29, 1.82) is 0 Å². The smallest absolute Gasteiger partial charge is 0.168 e. The first-order valence-electron chi connectivity index (χ1n) is 13.9. The molecule has 7 heteroatoms. The van der Waals surface area contributed by atoms with E-state index in [1.807, 2.05) is 6.20 Å². The van der Waals surface area contributed by atoms with Gasteiger partial charge < -0.3 is 23.9 Å². The number of fused-ring (bicyclic) bond motifs is 1. The van der Waals surface area contributed by atoms with Crippen molar-refractivity contribution in [1.82, 2.24) is 9.55 Å². The zero-order valence-electron chi connectivity index (χ0n) is 23.0. The fraction of sp³-hybridized carbons (Fsp3) is 0.567. The Hall–Kier alpha value is -2.03. The number of rotatable bonds is 14. The van der Waals surface area contributed by atoms with E-state index in [0.717, 1.165) is 61.8 Å². The van der Waals surface area contributed by atoms with E-state index < -0.39 is 14.2 Å². The molecule has 0 amide bonds. The number of nitrogens with zero attached hydrogens (tertiary/aromatic N) is 2. The van der Waals surface area contributed by atoms with Crippen LogP contribution in [0.3, 0.4) is 0 Å². The molecule has 1 N–H and O–H groups in total. The van der Waals surface area contributed by atoms with Crippen LogP contribution in [0.15, 0.2) is 48.7 Å². The second kappa shape index (κ2) is 12.7. The van der Waals surface area contributed by atoms with Gasteiger partial charge in [0.05, 0.1) is 31.2 Å². The lowest BCUT2D eigenvalue weighted by molar-refractivity contribution is -0.164. The summed E-state index contributed by atoms with van der Waals surface area (Å²) in [5, 5.41) is 13.5. The highest BCUT2D eigenvalue weighted by atomic mass is 28.3. The minimum atomic E-state index is -1.18. The van der Waals surface area contributed by atoms with E-state index in [2.05, 4.69) is 73.6 Å². The van der Waals surface area contributed by atoms with Gasteiger partial charge in [-0.05, 0) is 42.1 Å². The zero-order chi connectivity index (χ0) is 26.3. The van der Waals surface area contributed by atoms with E-state index in [0.29, 0.717) is 26.4 Å². The zero-order valence-corrected chi connectivity index (χ0v) is 24.0. The topological polar surface area (TPSA) is 65.7 Å². The molecule has 0 radical (unpaired) electrons. The van der Waals surface area contributed by atoms with Gasteiger partial charge in [-0.15, -0.1) is 0 Å². The molecule has 2 heterocycles. The summed E-state index contributed by atoms with van der Waals surface area (Å²) in [4.78, 5) is 4.76. The molecule has 0 saturated carbocycles. The maximum Gasteiger partial charge on any atom is 0.168 e. The summed E-state index contributed by atoms with van der Waals surface area (Å²) in [7, 11) is -1.18. The number of aliphatic hydroxyl groups is 1. The molecule has 4 rings (SSSR count). The minimum Gasteiger partial charge on any atom is -0.387 e. The maximum atomic E-state index is 11.2. The Labute approximate surface area is 223 Å². The molecule has 1 aliphatic rings. The van der Waals surface area contributed by atoms with Gasteiger partial charge in [0.25, 0.3) is 0 Å². The Balaban J connectivity index is 1.43. The van der Waals surface area contributed by atoms with Crippen LogP contribution in [-0.4, -0.2) is 48.3 Å². The number of benzene rings is 2. The summed E-state index contributed by atoms with van der Waals surface area (Å²) in [6.45, 7) is 11.7. The van der Waals surface area contributed by atoms with Crippen LogP contribution in [0.1, 0.15) is 57.2 Å². The van der Waals surface area contributed by atoms with Gasteiger partial charge in [0.1, 0.15) is 12.6 Å². The van der Waals surface area contributed by atoms with Gasteiger partial charge in [-0.1, -0.05) is 75.8 Å². The molecule has 37 heavy (non-hydrogen) atoms. The van der Waals surface area contributed by atoms with Crippen molar-refractivity contribution in [2.75, 3.05) is 19.8 Å². The van der Waals surface area contributed by atoms with Crippen molar-refractivity contribution in [3.63, 3.8) is 0 Å². The van der Waals surface area contributed by atoms with E-state index in [-0.39, 0.29) is 5.79 Å². The van der Waals surface area contributed by atoms with Gasteiger partial charge in [-0.25, -0.2) is 4.98 Å². The second-order valence-electron chi connectivity index (χ2n) is 11.4. The molecule has 2 aromatic carbocycles. The summed E-state index contributed by atoms with van der Waals surface area (Å²) >= 11 is 0. The van der Waals surface area contributed by atoms with Crippen LogP contribution in [0.4, 0.5) is 0 Å². The Kier molecular flexibility index (Phi) is 9.59. The highest BCUT2D eigenvalue weighted by molar-refractivity contribution is 6.76.